The Labute approximate surface area is 167 Å². The van der Waals surface area contributed by atoms with Crippen molar-refractivity contribution < 1.29 is 8.81 Å². The predicted octanol–water partition coefficient (Wildman–Crippen LogP) is 3.26. The number of hydrogen-bond acceptors (Lipinski definition) is 7. The van der Waals surface area contributed by atoms with E-state index in [2.05, 4.69) is 20.9 Å². The lowest BCUT2D eigenvalue weighted by Gasteiger charge is -2.31. The predicted molar refractivity (Wildman–Crippen MR) is 109 cm³/mol. The molecule has 4 rings (SSSR count). The van der Waals surface area contributed by atoms with Gasteiger partial charge in [0.05, 0.1) is 11.9 Å². The first kappa shape index (κ1) is 19.3. The van der Waals surface area contributed by atoms with Crippen LogP contribution in [0.15, 0.2) is 32.3 Å². The first-order valence-electron chi connectivity index (χ1n) is 9.47. The highest BCUT2D eigenvalue weighted by Crippen LogP contribution is 2.37. The molecular formula is C21H23FN4O3. The number of nitrogens with zero attached hydrogens (tertiary/aromatic N) is 1. The molecule has 3 aromatic rings. The van der Waals surface area contributed by atoms with Gasteiger partial charge in [-0.25, -0.2) is 9.37 Å². The highest BCUT2D eigenvalue weighted by Gasteiger charge is 2.34. The van der Waals surface area contributed by atoms with Crippen LogP contribution in [0.25, 0.3) is 0 Å². The molecule has 2 aromatic carbocycles. The lowest BCUT2D eigenvalue weighted by atomic mass is 9.86. The summed E-state index contributed by atoms with van der Waals surface area (Å²) in [7, 11) is 0. The molecule has 1 aliphatic heterocycles. The summed E-state index contributed by atoms with van der Waals surface area (Å²) in [5.74, 6) is 0.598. The summed E-state index contributed by atoms with van der Waals surface area (Å²) in [5, 5.41) is 9.15. The first-order chi connectivity index (χ1) is 13.7. The van der Waals surface area contributed by atoms with Crippen molar-refractivity contribution in [2.45, 2.75) is 46.8 Å². The van der Waals surface area contributed by atoms with Gasteiger partial charge in [0.25, 0.3) is 10.9 Å². The number of nitrogens with one attached hydrogen (secondary N) is 3. The molecule has 0 saturated heterocycles. The molecule has 1 aromatic heterocycles. The van der Waals surface area contributed by atoms with E-state index in [0.29, 0.717) is 24.7 Å². The number of benzene rings is 1. The molecule has 8 heteroatoms. The van der Waals surface area contributed by atoms with Crippen LogP contribution in [0, 0.1) is 18.2 Å². The highest BCUT2D eigenvalue weighted by atomic mass is 19.1. The van der Waals surface area contributed by atoms with Gasteiger partial charge in [0.2, 0.25) is 5.89 Å². The molecule has 7 nitrogen and oxygen atoms in total. The first-order valence-corrected chi connectivity index (χ1v) is 9.47. The number of fused-ring (bicyclic) bond motifs is 1. The topological polar surface area (TPSA) is 96.3 Å². The summed E-state index contributed by atoms with van der Waals surface area (Å²) in [5.41, 5.74) is 0.451. The second kappa shape index (κ2) is 6.81. The van der Waals surface area contributed by atoms with Gasteiger partial charge in [-0.1, -0.05) is 26.8 Å². The van der Waals surface area contributed by atoms with Crippen LogP contribution in [0.5, 0.6) is 0 Å². The third-order valence-corrected chi connectivity index (χ3v) is 5.18. The summed E-state index contributed by atoms with van der Waals surface area (Å²) in [6.07, 6.45) is 1.60. The summed E-state index contributed by atoms with van der Waals surface area (Å²) in [6.45, 7) is 8.83. The van der Waals surface area contributed by atoms with Gasteiger partial charge < -0.3 is 20.4 Å². The van der Waals surface area contributed by atoms with Crippen molar-refractivity contribution in [2.75, 3.05) is 10.6 Å². The molecule has 0 amide bonds. The van der Waals surface area contributed by atoms with Gasteiger partial charge in [-0.15, -0.1) is 0 Å². The Hall–Kier alpha value is -3.00. The van der Waals surface area contributed by atoms with Crippen LogP contribution in [0.4, 0.5) is 21.5 Å². The Kier molecular flexibility index (Phi) is 4.53. The quantitative estimate of drug-likeness (QED) is 0.568. The molecule has 0 fully saturated rings. The molecule has 1 aliphatic rings. The average Bonchev–Trinajstić information content (AvgIpc) is 3.30. The molecule has 0 radical (unpaired) electrons. The Morgan fingerprint density at radius 2 is 1.86 bits per heavy atom. The number of oxazole rings is 1. The molecule has 0 spiro atoms. The van der Waals surface area contributed by atoms with Crippen molar-refractivity contribution in [3.63, 3.8) is 0 Å². The third kappa shape index (κ3) is 3.33. The fraction of sp³-hybridized carbons (Fsp3) is 0.381. The minimum absolute atomic E-state index is 0.0618. The smallest absolute Gasteiger partial charge is 0.253 e. The van der Waals surface area contributed by atoms with Crippen LogP contribution in [0.2, 0.25) is 0 Å². The SMILES string of the molecule is Cc1cnc([C@H](Nc2c(Nc3c(F)ccc4c3CNC4)c(=O)c2=O)C(C)(C)C)o1. The lowest BCUT2D eigenvalue weighted by molar-refractivity contribution is 0.292. The van der Waals surface area contributed by atoms with E-state index in [9.17, 15) is 14.0 Å². The maximum Gasteiger partial charge on any atom is 0.253 e. The zero-order valence-corrected chi connectivity index (χ0v) is 16.8. The van der Waals surface area contributed by atoms with E-state index in [1.807, 2.05) is 20.8 Å². The zero-order valence-electron chi connectivity index (χ0n) is 16.8. The number of hydrogen-bond donors (Lipinski definition) is 3. The molecule has 0 bridgehead atoms. The molecule has 0 saturated carbocycles. The molecular weight excluding hydrogens is 375 g/mol. The van der Waals surface area contributed by atoms with Crippen LogP contribution in [-0.2, 0) is 13.1 Å². The fourth-order valence-electron chi connectivity index (χ4n) is 3.56. The van der Waals surface area contributed by atoms with Gasteiger partial charge in [0, 0.05) is 13.1 Å². The Balaban J connectivity index is 1.70. The van der Waals surface area contributed by atoms with Crippen LogP contribution in [0.1, 0.15) is 49.6 Å². The van der Waals surface area contributed by atoms with Gasteiger partial charge in [-0.05, 0) is 29.5 Å². The largest absolute Gasteiger partial charge is 0.444 e. The van der Waals surface area contributed by atoms with Gasteiger partial charge >= 0.3 is 0 Å². The van der Waals surface area contributed by atoms with E-state index in [-0.39, 0.29) is 22.5 Å². The molecule has 29 heavy (non-hydrogen) atoms. The fourth-order valence-corrected chi connectivity index (χ4v) is 3.56. The third-order valence-electron chi connectivity index (χ3n) is 5.18. The molecule has 2 heterocycles. The van der Waals surface area contributed by atoms with E-state index in [1.54, 1.807) is 19.2 Å². The summed E-state index contributed by atoms with van der Waals surface area (Å²) < 4.78 is 20.1. The maximum atomic E-state index is 14.5. The van der Waals surface area contributed by atoms with Crippen molar-refractivity contribution in [1.29, 1.82) is 0 Å². The van der Waals surface area contributed by atoms with Gasteiger partial charge in [-0.3, -0.25) is 9.59 Å². The molecule has 0 aliphatic carbocycles. The monoisotopic (exact) mass is 398 g/mol. The minimum atomic E-state index is -0.674. The van der Waals surface area contributed by atoms with Gasteiger partial charge in [-0.2, -0.15) is 0 Å². The molecule has 1 atom stereocenters. The van der Waals surface area contributed by atoms with E-state index >= 15 is 0 Å². The molecule has 0 unspecified atom stereocenters. The van der Waals surface area contributed by atoms with E-state index in [1.165, 1.54) is 6.07 Å². The van der Waals surface area contributed by atoms with Crippen LogP contribution in [-0.4, -0.2) is 4.98 Å². The minimum Gasteiger partial charge on any atom is -0.444 e. The lowest BCUT2D eigenvalue weighted by Crippen LogP contribution is -2.39. The van der Waals surface area contributed by atoms with Crippen molar-refractivity contribution >= 4 is 17.1 Å². The van der Waals surface area contributed by atoms with E-state index < -0.39 is 22.7 Å². The normalized spacial score (nSPS) is 14.8. The number of halogens is 1. The van der Waals surface area contributed by atoms with Crippen LogP contribution < -0.4 is 26.8 Å². The number of aryl methyl sites for hydroxylation is 1. The Morgan fingerprint density at radius 3 is 2.52 bits per heavy atom. The van der Waals surface area contributed by atoms with Gasteiger partial charge in [0.1, 0.15) is 29.0 Å². The average molecular weight is 398 g/mol. The summed E-state index contributed by atoms with van der Waals surface area (Å²) >= 11 is 0. The van der Waals surface area contributed by atoms with Crippen molar-refractivity contribution in [1.82, 2.24) is 10.3 Å². The van der Waals surface area contributed by atoms with Crippen molar-refractivity contribution in [2.24, 2.45) is 5.41 Å². The highest BCUT2D eigenvalue weighted by molar-refractivity contribution is 5.80. The van der Waals surface area contributed by atoms with Crippen molar-refractivity contribution in [3.8, 4) is 0 Å². The van der Waals surface area contributed by atoms with E-state index in [4.69, 9.17) is 4.42 Å². The summed E-state index contributed by atoms with van der Waals surface area (Å²) in [4.78, 5) is 28.9. The van der Waals surface area contributed by atoms with E-state index in [0.717, 1.165) is 11.1 Å². The Morgan fingerprint density at radius 1 is 1.14 bits per heavy atom. The second-order valence-corrected chi connectivity index (χ2v) is 8.45. The summed E-state index contributed by atoms with van der Waals surface area (Å²) in [6, 6.07) is 2.63. The number of anilines is 3. The molecule has 152 valence electrons. The van der Waals surface area contributed by atoms with Crippen LogP contribution in [0.3, 0.4) is 0 Å². The van der Waals surface area contributed by atoms with Crippen molar-refractivity contribution in [3.05, 3.63) is 67.4 Å². The second-order valence-electron chi connectivity index (χ2n) is 8.45. The number of rotatable bonds is 5. The Bertz CT molecular complexity index is 1150. The van der Waals surface area contributed by atoms with Crippen LogP contribution >= 0.6 is 0 Å². The maximum absolute atomic E-state index is 14.5. The standard InChI is InChI=1S/C21H23FN4O3/c1-10-7-24-20(29-10)19(21(2,3)4)26-16-15(17(27)18(16)28)25-14-12-9-23-8-11(12)5-6-13(14)22/h5-7,19,23,25-26H,8-9H2,1-4H3/t19-/m0/s1. The number of aromatic nitrogens is 1. The molecule has 3 N–H and O–H groups in total. The van der Waals surface area contributed by atoms with Gasteiger partial charge in [0.15, 0.2) is 0 Å². The zero-order chi connectivity index (χ0) is 20.9.